The van der Waals surface area contributed by atoms with E-state index in [0.29, 0.717) is 23.2 Å². The highest BCUT2D eigenvalue weighted by Crippen LogP contribution is 2.25. The van der Waals surface area contributed by atoms with Crippen LogP contribution in [0.5, 0.6) is 0 Å². The summed E-state index contributed by atoms with van der Waals surface area (Å²) in [5.41, 5.74) is 2.90. The average Bonchev–Trinajstić information content (AvgIpc) is 3.24. The van der Waals surface area contributed by atoms with Crippen LogP contribution < -0.4 is 0 Å². The van der Waals surface area contributed by atoms with Crippen LogP contribution in [-0.2, 0) is 10.8 Å². The summed E-state index contributed by atoms with van der Waals surface area (Å²) in [6.45, 7) is 3.88. The first-order chi connectivity index (χ1) is 13.6. The third-order valence-electron chi connectivity index (χ3n) is 4.11. The molecule has 2 aromatic carbocycles. The van der Waals surface area contributed by atoms with Crippen molar-refractivity contribution in [2.75, 3.05) is 0 Å². The van der Waals surface area contributed by atoms with Crippen LogP contribution in [0.15, 0.2) is 76.3 Å². The fourth-order valence-electron chi connectivity index (χ4n) is 2.66. The number of hydrogen-bond acceptors (Lipinski definition) is 6. The maximum atomic E-state index is 12.2. The number of rotatable bonds is 5. The van der Waals surface area contributed by atoms with Crippen molar-refractivity contribution in [2.24, 2.45) is 0 Å². The van der Waals surface area contributed by atoms with Gasteiger partial charge in [0.25, 0.3) is 5.89 Å². The first kappa shape index (κ1) is 18.2. The molecule has 1 atom stereocenters. The van der Waals surface area contributed by atoms with Gasteiger partial charge in [-0.2, -0.15) is 0 Å². The van der Waals surface area contributed by atoms with Gasteiger partial charge in [-0.05, 0) is 24.3 Å². The minimum atomic E-state index is -1.02. The second-order valence-electron chi connectivity index (χ2n) is 6.44. The van der Waals surface area contributed by atoms with Crippen LogP contribution in [0.25, 0.3) is 34.3 Å². The first-order valence-corrected chi connectivity index (χ1v) is 10.1. The molecule has 0 aliphatic heterocycles. The normalized spacial score (nSPS) is 12.2. The maximum Gasteiger partial charge on any atom is 0.268 e. The van der Waals surface area contributed by atoms with Gasteiger partial charge in [-0.25, -0.2) is 4.98 Å². The minimum absolute atomic E-state index is 0.0744. The van der Waals surface area contributed by atoms with Crippen molar-refractivity contribution in [1.82, 2.24) is 20.2 Å². The first-order valence-electron chi connectivity index (χ1n) is 8.84. The van der Waals surface area contributed by atoms with E-state index in [-0.39, 0.29) is 5.25 Å². The molecule has 4 rings (SSSR count). The van der Waals surface area contributed by atoms with Gasteiger partial charge in [0.15, 0.2) is 0 Å². The van der Waals surface area contributed by atoms with Crippen molar-refractivity contribution in [1.29, 1.82) is 0 Å². The highest BCUT2D eigenvalue weighted by atomic mass is 32.2. The fraction of sp³-hybridized carbons (Fsp3) is 0.143. The third-order valence-corrected chi connectivity index (χ3v) is 5.70. The zero-order valence-corrected chi connectivity index (χ0v) is 16.3. The Bertz CT molecular complexity index is 1110. The maximum absolute atomic E-state index is 12.2. The Kier molecular flexibility index (Phi) is 5.08. The largest absolute Gasteiger partial charge is 0.415 e. The van der Waals surface area contributed by atoms with E-state index in [2.05, 4.69) is 20.2 Å². The van der Waals surface area contributed by atoms with E-state index in [0.717, 1.165) is 16.0 Å². The highest BCUT2D eigenvalue weighted by molar-refractivity contribution is 7.85. The lowest BCUT2D eigenvalue weighted by Crippen LogP contribution is -2.05. The van der Waals surface area contributed by atoms with Gasteiger partial charge in [0, 0.05) is 21.3 Å². The predicted octanol–water partition coefficient (Wildman–Crippen LogP) is 4.38. The molecule has 0 aliphatic carbocycles. The molecule has 7 heteroatoms. The van der Waals surface area contributed by atoms with Gasteiger partial charge < -0.3 is 4.42 Å². The Balaban J connectivity index is 1.62. The predicted molar refractivity (Wildman–Crippen MR) is 108 cm³/mol. The topological polar surface area (TPSA) is 81.8 Å². The number of aromatic nitrogens is 4. The Morgan fingerprint density at radius 3 is 2.21 bits per heavy atom. The molecule has 6 nitrogen and oxygen atoms in total. The molecule has 0 radical (unpaired) electrons. The minimum Gasteiger partial charge on any atom is -0.415 e. The van der Waals surface area contributed by atoms with Gasteiger partial charge in [-0.15, -0.1) is 10.2 Å². The van der Waals surface area contributed by atoms with Crippen LogP contribution in [0.4, 0.5) is 0 Å². The molecular weight excluding hydrogens is 372 g/mol. The second-order valence-corrected chi connectivity index (χ2v) is 8.45. The summed E-state index contributed by atoms with van der Waals surface area (Å²) in [7, 11) is -1.02. The molecular formula is C21H18N4O2S. The molecule has 0 spiro atoms. The van der Waals surface area contributed by atoms with Crippen molar-refractivity contribution in [3.8, 4) is 34.3 Å². The molecule has 1 unspecified atom stereocenters. The van der Waals surface area contributed by atoms with Gasteiger partial charge in [0.05, 0.1) is 28.9 Å². The van der Waals surface area contributed by atoms with Crippen LogP contribution in [-0.4, -0.2) is 29.6 Å². The molecule has 0 bridgehead atoms. The summed E-state index contributed by atoms with van der Waals surface area (Å²) in [6, 6.07) is 17.1. The van der Waals surface area contributed by atoms with Crippen molar-refractivity contribution in [3.63, 3.8) is 0 Å². The van der Waals surface area contributed by atoms with Gasteiger partial charge in [0.2, 0.25) is 5.89 Å². The Morgan fingerprint density at radius 2 is 1.50 bits per heavy atom. The smallest absolute Gasteiger partial charge is 0.268 e. The molecule has 0 saturated carbocycles. The van der Waals surface area contributed by atoms with Crippen LogP contribution >= 0.6 is 0 Å². The number of hydrogen-bond donors (Lipinski definition) is 0. The van der Waals surface area contributed by atoms with Crippen molar-refractivity contribution in [2.45, 2.75) is 24.0 Å². The van der Waals surface area contributed by atoms with Gasteiger partial charge in [0.1, 0.15) is 5.69 Å². The third kappa shape index (κ3) is 3.75. The second kappa shape index (κ2) is 7.82. The Labute approximate surface area is 165 Å². The summed E-state index contributed by atoms with van der Waals surface area (Å²) in [5.74, 6) is 0.744. The molecule has 4 aromatic rings. The van der Waals surface area contributed by atoms with E-state index in [4.69, 9.17) is 4.42 Å². The molecule has 28 heavy (non-hydrogen) atoms. The van der Waals surface area contributed by atoms with Crippen LogP contribution in [0.1, 0.15) is 13.8 Å². The molecule has 0 amide bonds. The number of benzene rings is 2. The van der Waals surface area contributed by atoms with E-state index in [1.54, 1.807) is 12.4 Å². The zero-order chi connectivity index (χ0) is 19.5. The van der Waals surface area contributed by atoms with Crippen molar-refractivity contribution < 1.29 is 8.63 Å². The molecule has 140 valence electrons. The van der Waals surface area contributed by atoms with E-state index >= 15 is 0 Å². The molecule has 0 saturated heterocycles. The van der Waals surface area contributed by atoms with Gasteiger partial charge >= 0.3 is 0 Å². The lowest BCUT2D eigenvalue weighted by atomic mass is 10.1. The number of nitrogens with zero attached hydrogens (tertiary/aromatic N) is 4. The lowest BCUT2D eigenvalue weighted by molar-refractivity contribution is 0.582. The molecule has 2 aromatic heterocycles. The van der Waals surface area contributed by atoms with Gasteiger partial charge in [-0.3, -0.25) is 9.19 Å². The standard InChI is InChI=1S/C21H18N4O2S/c1-14(2)28(26)17-10-8-15(9-11-17)18-12-22-13-19(23-18)21-25-24-20(27-21)16-6-4-3-5-7-16/h3-14H,1-2H3. The van der Waals surface area contributed by atoms with E-state index in [1.807, 2.05) is 68.4 Å². The van der Waals surface area contributed by atoms with Crippen molar-refractivity contribution in [3.05, 3.63) is 67.0 Å². The summed E-state index contributed by atoms with van der Waals surface area (Å²) in [6.07, 6.45) is 3.26. The summed E-state index contributed by atoms with van der Waals surface area (Å²) < 4.78 is 18.0. The van der Waals surface area contributed by atoms with E-state index in [9.17, 15) is 4.21 Å². The quantitative estimate of drug-likeness (QED) is 0.503. The molecule has 0 fully saturated rings. The van der Waals surface area contributed by atoms with Crippen LogP contribution in [0, 0.1) is 0 Å². The highest BCUT2D eigenvalue weighted by Gasteiger charge is 2.13. The zero-order valence-electron chi connectivity index (χ0n) is 15.4. The molecule has 0 N–H and O–H groups in total. The summed E-state index contributed by atoms with van der Waals surface area (Å²) >= 11 is 0. The Hall–Kier alpha value is -3.19. The monoisotopic (exact) mass is 390 g/mol. The van der Waals surface area contributed by atoms with E-state index < -0.39 is 10.8 Å². The molecule has 0 aliphatic rings. The summed E-state index contributed by atoms with van der Waals surface area (Å²) in [5, 5.41) is 8.26. The lowest BCUT2D eigenvalue weighted by Gasteiger charge is -2.07. The SMILES string of the molecule is CC(C)S(=O)c1ccc(-c2cncc(-c3nnc(-c4ccccc4)o3)n2)cc1. The summed E-state index contributed by atoms with van der Waals surface area (Å²) in [4.78, 5) is 9.65. The molecule has 2 heterocycles. The van der Waals surface area contributed by atoms with Gasteiger partial charge in [-0.1, -0.05) is 44.2 Å². The average molecular weight is 390 g/mol. The Morgan fingerprint density at radius 1 is 0.821 bits per heavy atom. The van der Waals surface area contributed by atoms with Crippen LogP contribution in [0.3, 0.4) is 0 Å². The fourth-order valence-corrected chi connectivity index (χ4v) is 3.61. The van der Waals surface area contributed by atoms with Crippen molar-refractivity contribution >= 4 is 10.8 Å². The van der Waals surface area contributed by atoms with E-state index in [1.165, 1.54) is 0 Å². The van der Waals surface area contributed by atoms with Crippen LogP contribution in [0.2, 0.25) is 0 Å².